The van der Waals surface area contributed by atoms with Gasteiger partial charge in [-0.15, -0.1) is 0 Å². The maximum absolute atomic E-state index is 11.9. The molecule has 1 aromatic carbocycles. The summed E-state index contributed by atoms with van der Waals surface area (Å²) in [5.74, 6) is -1.36. The van der Waals surface area contributed by atoms with Crippen LogP contribution in [0.5, 0.6) is 0 Å². The molecule has 0 saturated heterocycles. The van der Waals surface area contributed by atoms with E-state index in [1.807, 2.05) is 18.2 Å². The van der Waals surface area contributed by atoms with E-state index in [1.54, 1.807) is 16.7 Å². The minimum atomic E-state index is -1.08. The Kier molecular flexibility index (Phi) is 4.68. The Balaban J connectivity index is 1.82. The van der Waals surface area contributed by atoms with Crippen molar-refractivity contribution >= 4 is 11.9 Å². The van der Waals surface area contributed by atoms with Crippen molar-refractivity contribution in [2.75, 3.05) is 6.54 Å². The Morgan fingerprint density at radius 1 is 1.33 bits per heavy atom. The second kappa shape index (κ2) is 6.67. The van der Waals surface area contributed by atoms with Crippen LogP contribution < -0.4 is 11.1 Å². The van der Waals surface area contributed by atoms with Crippen LogP contribution in [0.2, 0.25) is 0 Å². The second-order valence-electron chi connectivity index (χ2n) is 4.48. The molecule has 0 radical (unpaired) electrons. The molecule has 0 saturated carbocycles. The zero-order chi connectivity index (χ0) is 15.2. The SMILES string of the molecule is N[C@H](C(=O)NCCn1cnc(C(=O)O)c1)c1ccccc1. The van der Waals surface area contributed by atoms with Crippen molar-refractivity contribution in [3.63, 3.8) is 0 Å². The number of rotatable bonds is 6. The third-order valence-corrected chi connectivity index (χ3v) is 2.96. The molecule has 1 amide bonds. The van der Waals surface area contributed by atoms with Gasteiger partial charge in [0.05, 0.1) is 6.33 Å². The first-order valence-electron chi connectivity index (χ1n) is 6.41. The predicted molar refractivity (Wildman–Crippen MR) is 75.6 cm³/mol. The van der Waals surface area contributed by atoms with Crippen LogP contribution in [-0.2, 0) is 11.3 Å². The number of carboxylic acid groups (broad SMARTS) is 1. The average molecular weight is 288 g/mol. The molecule has 1 aromatic heterocycles. The number of benzene rings is 1. The number of nitrogens with one attached hydrogen (secondary N) is 1. The molecule has 0 aliphatic carbocycles. The molecule has 0 bridgehead atoms. The molecule has 21 heavy (non-hydrogen) atoms. The standard InChI is InChI=1S/C14H16N4O3/c15-12(10-4-2-1-3-5-10)13(19)16-6-7-18-8-11(14(20)21)17-9-18/h1-5,8-9,12H,6-7,15H2,(H,16,19)(H,20,21)/t12-/m0/s1. The largest absolute Gasteiger partial charge is 0.476 e. The number of aromatic nitrogens is 2. The molecule has 0 spiro atoms. The first-order chi connectivity index (χ1) is 10.1. The molecule has 0 aliphatic heterocycles. The molecule has 2 aromatic rings. The molecule has 0 aliphatic rings. The normalized spacial score (nSPS) is 11.9. The number of carbonyl (C=O) groups excluding carboxylic acids is 1. The number of hydrogen-bond acceptors (Lipinski definition) is 4. The summed E-state index contributed by atoms with van der Waals surface area (Å²) in [6.07, 6.45) is 2.82. The summed E-state index contributed by atoms with van der Waals surface area (Å²) < 4.78 is 1.60. The van der Waals surface area contributed by atoms with Crippen LogP contribution in [0.1, 0.15) is 22.1 Å². The smallest absolute Gasteiger partial charge is 0.356 e. The van der Waals surface area contributed by atoms with Gasteiger partial charge in [-0.1, -0.05) is 30.3 Å². The summed E-state index contributed by atoms with van der Waals surface area (Å²) in [7, 11) is 0. The number of nitrogens with two attached hydrogens (primary N) is 1. The molecule has 2 rings (SSSR count). The summed E-state index contributed by atoms with van der Waals surface area (Å²) in [5, 5.41) is 11.5. The molecule has 1 atom stereocenters. The Morgan fingerprint density at radius 3 is 2.67 bits per heavy atom. The zero-order valence-electron chi connectivity index (χ0n) is 11.3. The Bertz CT molecular complexity index is 624. The van der Waals surface area contributed by atoms with Gasteiger partial charge in [-0.3, -0.25) is 4.79 Å². The highest BCUT2D eigenvalue weighted by atomic mass is 16.4. The second-order valence-corrected chi connectivity index (χ2v) is 4.48. The molecule has 0 unspecified atom stereocenters. The van der Waals surface area contributed by atoms with Crippen molar-refractivity contribution in [2.45, 2.75) is 12.6 Å². The zero-order valence-corrected chi connectivity index (χ0v) is 11.3. The van der Waals surface area contributed by atoms with E-state index >= 15 is 0 Å². The molecular weight excluding hydrogens is 272 g/mol. The van der Waals surface area contributed by atoms with E-state index < -0.39 is 12.0 Å². The number of carbonyl (C=O) groups is 2. The van der Waals surface area contributed by atoms with Crippen molar-refractivity contribution in [1.82, 2.24) is 14.9 Å². The highest BCUT2D eigenvalue weighted by Crippen LogP contribution is 2.08. The van der Waals surface area contributed by atoms with Crippen LogP contribution in [0.3, 0.4) is 0 Å². The number of amides is 1. The lowest BCUT2D eigenvalue weighted by Crippen LogP contribution is -2.35. The molecule has 1 heterocycles. The van der Waals surface area contributed by atoms with Crippen LogP contribution in [0, 0.1) is 0 Å². The topological polar surface area (TPSA) is 110 Å². The van der Waals surface area contributed by atoms with Crippen LogP contribution in [0.15, 0.2) is 42.9 Å². The van der Waals surface area contributed by atoms with Gasteiger partial charge in [0.2, 0.25) is 5.91 Å². The lowest BCUT2D eigenvalue weighted by Gasteiger charge is -2.12. The number of nitrogens with zero attached hydrogens (tertiary/aromatic N) is 2. The van der Waals surface area contributed by atoms with Gasteiger partial charge in [0.1, 0.15) is 6.04 Å². The fourth-order valence-electron chi connectivity index (χ4n) is 1.82. The molecule has 0 fully saturated rings. The first-order valence-corrected chi connectivity index (χ1v) is 6.41. The Morgan fingerprint density at radius 2 is 2.05 bits per heavy atom. The highest BCUT2D eigenvalue weighted by Gasteiger charge is 2.14. The van der Waals surface area contributed by atoms with Crippen LogP contribution in [0.25, 0.3) is 0 Å². The van der Waals surface area contributed by atoms with Gasteiger partial charge in [-0.05, 0) is 5.56 Å². The quantitative estimate of drug-likeness (QED) is 0.712. The molecule has 110 valence electrons. The van der Waals surface area contributed by atoms with Crippen molar-refractivity contribution in [2.24, 2.45) is 5.73 Å². The van der Waals surface area contributed by atoms with Crippen molar-refractivity contribution in [1.29, 1.82) is 0 Å². The van der Waals surface area contributed by atoms with Crippen molar-refractivity contribution in [3.05, 3.63) is 54.1 Å². The third-order valence-electron chi connectivity index (χ3n) is 2.96. The molecular formula is C14H16N4O3. The number of imidazole rings is 1. The van der Waals surface area contributed by atoms with Gasteiger partial charge < -0.3 is 20.7 Å². The van der Waals surface area contributed by atoms with E-state index in [0.717, 1.165) is 5.56 Å². The minimum absolute atomic E-state index is 0.0256. The van der Waals surface area contributed by atoms with Gasteiger partial charge in [0, 0.05) is 19.3 Å². The van der Waals surface area contributed by atoms with Crippen molar-refractivity contribution in [3.8, 4) is 0 Å². The number of carboxylic acids is 1. The van der Waals surface area contributed by atoms with Crippen molar-refractivity contribution < 1.29 is 14.7 Å². The van der Waals surface area contributed by atoms with Crippen LogP contribution >= 0.6 is 0 Å². The Hall–Kier alpha value is -2.67. The Labute approximate surface area is 121 Å². The monoisotopic (exact) mass is 288 g/mol. The fourth-order valence-corrected chi connectivity index (χ4v) is 1.82. The lowest BCUT2D eigenvalue weighted by molar-refractivity contribution is -0.122. The minimum Gasteiger partial charge on any atom is -0.476 e. The van der Waals surface area contributed by atoms with Gasteiger partial charge >= 0.3 is 5.97 Å². The average Bonchev–Trinajstić information content (AvgIpc) is 2.96. The van der Waals surface area contributed by atoms with Gasteiger partial charge in [-0.2, -0.15) is 0 Å². The van der Waals surface area contributed by atoms with Gasteiger partial charge in [-0.25, -0.2) is 9.78 Å². The number of aromatic carboxylic acids is 1. The van der Waals surface area contributed by atoms with Gasteiger partial charge in [0.25, 0.3) is 0 Å². The fraction of sp³-hybridized carbons (Fsp3) is 0.214. The number of hydrogen-bond donors (Lipinski definition) is 3. The predicted octanol–water partition coefficient (Wildman–Crippen LogP) is 0.398. The van der Waals surface area contributed by atoms with E-state index in [-0.39, 0.29) is 11.6 Å². The maximum atomic E-state index is 11.9. The molecule has 4 N–H and O–H groups in total. The first kappa shape index (κ1) is 14.7. The van der Waals surface area contributed by atoms with E-state index in [4.69, 9.17) is 10.8 Å². The summed E-state index contributed by atoms with van der Waals surface area (Å²) >= 11 is 0. The van der Waals surface area contributed by atoms with E-state index in [2.05, 4.69) is 10.3 Å². The van der Waals surface area contributed by atoms with Gasteiger partial charge in [0.15, 0.2) is 5.69 Å². The van der Waals surface area contributed by atoms with E-state index in [0.29, 0.717) is 13.1 Å². The summed E-state index contributed by atoms with van der Waals surface area (Å²) in [5.41, 5.74) is 6.57. The van der Waals surface area contributed by atoms with E-state index in [1.165, 1.54) is 12.5 Å². The molecule has 7 heteroatoms. The van der Waals surface area contributed by atoms with Crippen LogP contribution in [-0.4, -0.2) is 33.1 Å². The highest BCUT2D eigenvalue weighted by molar-refractivity contribution is 5.85. The molecule has 7 nitrogen and oxygen atoms in total. The summed E-state index contributed by atoms with van der Waals surface area (Å²) in [6, 6.07) is 8.36. The lowest BCUT2D eigenvalue weighted by atomic mass is 10.1. The van der Waals surface area contributed by atoms with E-state index in [9.17, 15) is 9.59 Å². The third kappa shape index (κ3) is 3.90. The maximum Gasteiger partial charge on any atom is 0.356 e. The summed E-state index contributed by atoms with van der Waals surface area (Å²) in [6.45, 7) is 0.766. The van der Waals surface area contributed by atoms with Crippen LogP contribution in [0.4, 0.5) is 0 Å². The summed E-state index contributed by atoms with van der Waals surface area (Å²) in [4.78, 5) is 26.3.